The number of nitrogen functional groups attached to an aromatic ring is 1. The van der Waals surface area contributed by atoms with Crippen LogP contribution in [0.25, 0.3) is 11.5 Å². The Hall–Kier alpha value is -4.47. The minimum atomic E-state index is -1.05. The first kappa shape index (κ1) is 37.6. The van der Waals surface area contributed by atoms with Crippen molar-refractivity contribution in [2.45, 2.75) is 80.1 Å². The number of aromatic amines is 1. The van der Waals surface area contributed by atoms with E-state index in [2.05, 4.69) is 64.2 Å². The van der Waals surface area contributed by atoms with E-state index < -0.39 is 17.0 Å². The van der Waals surface area contributed by atoms with E-state index in [-0.39, 0.29) is 35.4 Å². The van der Waals surface area contributed by atoms with Crippen LogP contribution in [0.1, 0.15) is 85.2 Å². The molecule has 1 unspecified atom stereocenters. The second-order valence-electron chi connectivity index (χ2n) is 10.4. The van der Waals surface area contributed by atoms with Gasteiger partial charge in [-0.05, 0) is 44.4 Å². The third-order valence-corrected chi connectivity index (χ3v) is 6.46. The van der Waals surface area contributed by atoms with Gasteiger partial charge in [-0.15, -0.1) is 6.58 Å². The Labute approximate surface area is 260 Å². The van der Waals surface area contributed by atoms with Crippen LogP contribution in [0.5, 0.6) is 0 Å². The predicted molar refractivity (Wildman–Crippen MR) is 176 cm³/mol. The number of carbonyl (C=O) groups is 1. The lowest BCUT2D eigenvalue weighted by atomic mass is 9.79. The summed E-state index contributed by atoms with van der Waals surface area (Å²) in [7, 11) is 0. The number of amides is 1. The van der Waals surface area contributed by atoms with Crippen LogP contribution < -0.4 is 11.1 Å². The molecule has 0 spiro atoms. The van der Waals surface area contributed by atoms with Gasteiger partial charge in [-0.3, -0.25) is 9.78 Å². The summed E-state index contributed by atoms with van der Waals surface area (Å²) in [5, 5.41) is 2.74. The highest BCUT2D eigenvalue weighted by atomic mass is 19.2. The maximum absolute atomic E-state index is 14.2. The fourth-order valence-corrected chi connectivity index (χ4v) is 4.16. The van der Waals surface area contributed by atoms with Gasteiger partial charge < -0.3 is 16.0 Å². The molecule has 44 heavy (non-hydrogen) atoms. The van der Waals surface area contributed by atoms with Gasteiger partial charge in [0, 0.05) is 25.0 Å². The number of carbonyl (C=O) groups excluding carboxylic acids is 1. The maximum Gasteiger partial charge on any atom is 0.240 e. The van der Waals surface area contributed by atoms with E-state index >= 15 is 0 Å². The summed E-state index contributed by atoms with van der Waals surface area (Å²) in [5.74, 6) is -0.441. The van der Waals surface area contributed by atoms with E-state index in [1.165, 1.54) is 43.6 Å². The van der Waals surface area contributed by atoms with E-state index in [0.717, 1.165) is 12.0 Å². The molecule has 0 saturated heterocycles. The summed E-state index contributed by atoms with van der Waals surface area (Å²) in [5.41, 5.74) is 6.72. The molecule has 10 heteroatoms. The molecule has 1 aliphatic heterocycles. The molecule has 4 rings (SSSR count). The van der Waals surface area contributed by atoms with E-state index in [9.17, 15) is 13.6 Å². The maximum atomic E-state index is 14.2. The molecule has 1 atom stereocenters. The molecule has 0 saturated carbocycles. The summed E-state index contributed by atoms with van der Waals surface area (Å²) in [6.45, 7) is 23.3. The quantitative estimate of drug-likeness (QED) is 0.242. The zero-order chi connectivity index (χ0) is 33.4. The van der Waals surface area contributed by atoms with Crippen LogP contribution in [-0.2, 0) is 16.6 Å². The van der Waals surface area contributed by atoms with Crippen molar-refractivity contribution in [1.82, 2.24) is 24.9 Å². The molecule has 4 N–H and O–H groups in total. The molecule has 2 aromatic heterocycles. The van der Waals surface area contributed by atoms with Crippen LogP contribution in [0.2, 0.25) is 0 Å². The zero-order valence-electron chi connectivity index (χ0n) is 27.3. The molecular weight excluding hydrogens is 560 g/mol. The average molecular weight is 608 g/mol. The predicted octanol–water partition coefficient (Wildman–Crippen LogP) is 8.28. The van der Waals surface area contributed by atoms with Gasteiger partial charge in [0.25, 0.3) is 0 Å². The van der Waals surface area contributed by atoms with Crippen LogP contribution in [0, 0.1) is 17.6 Å². The number of nitrogens with one attached hydrogen (secondary N) is 2. The van der Waals surface area contributed by atoms with Crippen molar-refractivity contribution in [2.24, 2.45) is 5.92 Å². The first-order valence-corrected chi connectivity index (χ1v) is 14.8. The molecule has 0 bridgehead atoms. The molecule has 1 aliphatic rings. The van der Waals surface area contributed by atoms with Crippen molar-refractivity contribution < 1.29 is 13.6 Å². The zero-order valence-corrected chi connectivity index (χ0v) is 27.3. The normalized spacial score (nSPS) is 14.3. The number of anilines is 2. The van der Waals surface area contributed by atoms with E-state index in [1.54, 1.807) is 26.0 Å². The number of H-pyrrole nitrogens is 1. The fraction of sp³-hybridized carbons (Fsp3) is 0.382. The van der Waals surface area contributed by atoms with Crippen molar-refractivity contribution in [3.63, 3.8) is 0 Å². The van der Waals surface area contributed by atoms with Gasteiger partial charge in [0.1, 0.15) is 17.5 Å². The Balaban J connectivity index is 0.000000765. The second-order valence-corrected chi connectivity index (χ2v) is 10.4. The van der Waals surface area contributed by atoms with E-state index in [4.69, 9.17) is 5.73 Å². The molecule has 0 fully saturated rings. The number of nitrogens with zero attached hydrogens (tertiary/aromatic N) is 4. The van der Waals surface area contributed by atoms with Gasteiger partial charge in [0.2, 0.25) is 5.91 Å². The summed E-state index contributed by atoms with van der Waals surface area (Å²) < 4.78 is 27.9. The highest BCUT2D eigenvalue weighted by Gasteiger charge is 2.46. The number of halogens is 2. The standard InChI is InChI=1S/C23H21F2N7O.C6H14.C3H6.C2H6/c1-12(2)23(3)17-19(26)30-20(31-21(17)32-22(23)33)15-7-8-27-9-10-28-16(29-15)11-13-5-4-6-14(24)18(13)25;1-4-5-6(2)3;1-3-2;1-2/h4-10H,1,11H2,2-3H3,(H,28,29)(H3,26,30,31,32,33);6H,4-5H2,1-3H3;3H,1H2,2H3;1-2H3. The lowest BCUT2D eigenvalue weighted by molar-refractivity contribution is -0.119. The van der Waals surface area contributed by atoms with Gasteiger partial charge in [-0.25, -0.2) is 23.7 Å². The number of hydrogen-bond acceptors (Lipinski definition) is 6. The second kappa shape index (κ2) is 18.3. The van der Waals surface area contributed by atoms with Crippen molar-refractivity contribution in [1.29, 1.82) is 0 Å². The Kier molecular flexibility index (Phi) is 15.6. The van der Waals surface area contributed by atoms with Gasteiger partial charge in [0.15, 0.2) is 17.5 Å². The Morgan fingerprint density at radius 1 is 1.14 bits per heavy atom. The van der Waals surface area contributed by atoms with Crippen molar-refractivity contribution in [3.05, 3.63) is 96.2 Å². The van der Waals surface area contributed by atoms with E-state index in [0.29, 0.717) is 22.7 Å². The molecule has 0 radical (unpaired) electrons. The minimum Gasteiger partial charge on any atom is -0.383 e. The summed E-state index contributed by atoms with van der Waals surface area (Å²) in [6.07, 6.45) is 8.78. The van der Waals surface area contributed by atoms with Crippen LogP contribution in [0.3, 0.4) is 0 Å². The Morgan fingerprint density at radius 3 is 2.36 bits per heavy atom. The topological polar surface area (TPSA) is 122 Å². The molecule has 1 aromatic carbocycles. The Morgan fingerprint density at radius 2 is 1.80 bits per heavy atom. The number of benzene rings is 1. The molecular formula is C34H47F2N7O. The molecule has 0 aliphatic carbocycles. The third kappa shape index (κ3) is 9.79. The smallest absolute Gasteiger partial charge is 0.240 e. The third-order valence-electron chi connectivity index (χ3n) is 6.46. The first-order chi connectivity index (χ1) is 20.9. The van der Waals surface area contributed by atoms with Crippen molar-refractivity contribution >= 4 is 17.5 Å². The molecule has 238 valence electrons. The number of rotatable bonds is 6. The van der Waals surface area contributed by atoms with Crippen LogP contribution in [0.4, 0.5) is 20.4 Å². The summed E-state index contributed by atoms with van der Waals surface area (Å²) in [6, 6.07) is 5.52. The summed E-state index contributed by atoms with van der Waals surface area (Å²) >= 11 is 0. The SMILES string of the molecule is C=C(C)C1(C)C(=O)Nc2nc(-c3ccnccnc(Cc4cccc(F)c4F)[nH]3)nc(N)c21.C=CC.CC.CCCC(C)C. The van der Waals surface area contributed by atoms with Crippen molar-refractivity contribution in [2.75, 3.05) is 11.1 Å². The number of allylic oxidation sites excluding steroid dienone is 1. The molecule has 8 nitrogen and oxygen atoms in total. The Bertz CT molecular complexity index is 1470. The summed E-state index contributed by atoms with van der Waals surface area (Å²) in [4.78, 5) is 32.9. The van der Waals surface area contributed by atoms with Crippen molar-refractivity contribution in [3.8, 4) is 11.5 Å². The van der Waals surface area contributed by atoms with E-state index in [1.807, 2.05) is 20.8 Å². The molecule has 1 amide bonds. The minimum absolute atomic E-state index is 0.0316. The largest absolute Gasteiger partial charge is 0.383 e. The first-order valence-electron chi connectivity index (χ1n) is 14.8. The molecule has 3 aromatic rings. The number of hydrogen-bond donors (Lipinski definition) is 3. The lowest BCUT2D eigenvalue weighted by Crippen LogP contribution is -2.32. The van der Waals surface area contributed by atoms with Gasteiger partial charge >= 0.3 is 0 Å². The van der Waals surface area contributed by atoms with Crippen LogP contribution in [0.15, 0.2) is 67.7 Å². The number of fused-ring (bicyclic) bond motifs is 1. The fourth-order valence-electron chi connectivity index (χ4n) is 4.16. The number of aromatic nitrogens is 5. The highest BCUT2D eigenvalue weighted by Crippen LogP contribution is 2.44. The number of nitrogens with two attached hydrogens (primary N) is 1. The van der Waals surface area contributed by atoms with Gasteiger partial charge in [-0.2, -0.15) is 0 Å². The van der Waals surface area contributed by atoms with Gasteiger partial charge in [-0.1, -0.05) is 77.8 Å². The average Bonchev–Trinajstić information content (AvgIpc) is 3.30. The highest BCUT2D eigenvalue weighted by molar-refractivity contribution is 6.08. The van der Waals surface area contributed by atoms with Crippen LogP contribution >= 0.6 is 0 Å². The lowest BCUT2D eigenvalue weighted by Gasteiger charge is -2.22. The monoisotopic (exact) mass is 607 g/mol. The molecule has 3 heterocycles. The van der Waals surface area contributed by atoms with Crippen LogP contribution in [-0.4, -0.2) is 30.8 Å². The van der Waals surface area contributed by atoms with Gasteiger partial charge in [0.05, 0.1) is 16.7 Å².